The van der Waals surface area contributed by atoms with E-state index >= 15 is 0 Å². The summed E-state index contributed by atoms with van der Waals surface area (Å²) >= 11 is 0. The van der Waals surface area contributed by atoms with Crippen LogP contribution in [0.15, 0.2) is 65.9 Å². The third kappa shape index (κ3) is 8.97. The molecule has 0 spiro atoms. The number of nitrogens with one attached hydrogen (secondary N) is 3. The fourth-order valence-electron chi connectivity index (χ4n) is 3.99. The SMILES string of the molecule is C#C.COCCN1CC(NC(=O)Nc2c(C)c(C3=CNC(C)=NC3)nn2-c2ccccc2)CO1.Fc1ccccn1. The molecule has 11 nitrogen and oxygen atoms in total. The zero-order valence-electron chi connectivity index (χ0n) is 23.4. The lowest BCUT2D eigenvalue weighted by atomic mass is 10.1. The Morgan fingerprint density at radius 1 is 1.20 bits per heavy atom. The van der Waals surface area contributed by atoms with Crippen LogP contribution >= 0.6 is 0 Å². The Morgan fingerprint density at radius 2 is 1.95 bits per heavy atom. The fraction of sp³-hybridized carbons (Fsp3) is 0.310. The number of halogens is 1. The predicted octanol–water partition coefficient (Wildman–Crippen LogP) is 3.40. The van der Waals surface area contributed by atoms with Gasteiger partial charge in [0.15, 0.2) is 0 Å². The van der Waals surface area contributed by atoms with Gasteiger partial charge in [0.2, 0.25) is 5.95 Å². The number of methoxy groups -OCH3 is 1. The fourth-order valence-corrected chi connectivity index (χ4v) is 3.99. The number of amidine groups is 1. The maximum atomic E-state index is 12.8. The second kappa shape index (κ2) is 15.9. The Labute approximate surface area is 239 Å². The van der Waals surface area contributed by atoms with E-state index in [1.54, 1.807) is 29.0 Å². The van der Waals surface area contributed by atoms with Crippen LogP contribution in [0.5, 0.6) is 0 Å². The van der Waals surface area contributed by atoms with E-state index in [0.29, 0.717) is 38.7 Å². The summed E-state index contributed by atoms with van der Waals surface area (Å²) in [7, 11) is 1.65. The van der Waals surface area contributed by atoms with Gasteiger partial charge >= 0.3 is 6.03 Å². The van der Waals surface area contributed by atoms with Gasteiger partial charge in [0.25, 0.3) is 0 Å². The van der Waals surface area contributed by atoms with Gasteiger partial charge in [-0.05, 0) is 38.1 Å². The third-order valence-electron chi connectivity index (χ3n) is 5.99. The number of hydrogen-bond acceptors (Lipinski definition) is 8. The largest absolute Gasteiger partial charge is 0.383 e. The van der Waals surface area contributed by atoms with Crippen LogP contribution in [0.2, 0.25) is 0 Å². The normalized spacial score (nSPS) is 16.1. The van der Waals surface area contributed by atoms with Crippen molar-refractivity contribution in [2.75, 3.05) is 45.3 Å². The average Bonchev–Trinajstić information content (AvgIpc) is 3.58. The van der Waals surface area contributed by atoms with Crippen molar-refractivity contribution in [2.45, 2.75) is 19.9 Å². The van der Waals surface area contributed by atoms with Gasteiger partial charge < -0.3 is 15.4 Å². The lowest BCUT2D eigenvalue weighted by molar-refractivity contribution is -0.118. The highest BCUT2D eigenvalue weighted by atomic mass is 19.1. The van der Waals surface area contributed by atoms with E-state index in [-0.39, 0.29) is 12.1 Å². The van der Waals surface area contributed by atoms with Crippen molar-refractivity contribution in [3.63, 3.8) is 0 Å². The standard InChI is InChI=1S/C22H29N7O3.C5H4FN.C2H2/c1-15-20(17-11-23-16(2)24-12-17)27-29(19-7-5-4-6-8-19)21(15)26-22(30)25-18-13-28(32-14-18)9-10-31-3;6-5-3-1-2-4-7-5;1-2/h4-8,11,18H,9-10,12-14H2,1-3H3,(H,23,24)(H2,25,26,30);1-4H;1-2H. The highest BCUT2D eigenvalue weighted by Gasteiger charge is 2.26. The number of rotatable bonds is 7. The minimum atomic E-state index is -0.428. The number of nitrogens with zero attached hydrogens (tertiary/aromatic N) is 5. The Bertz CT molecular complexity index is 1340. The highest BCUT2D eigenvalue weighted by molar-refractivity contribution is 5.91. The molecule has 3 aromatic rings. The zero-order chi connectivity index (χ0) is 29.6. The van der Waals surface area contributed by atoms with Gasteiger partial charge in [-0.25, -0.2) is 14.5 Å². The first-order valence-corrected chi connectivity index (χ1v) is 12.9. The first-order chi connectivity index (χ1) is 19.9. The smallest absolute Gasteiger partial charge is 0.320 e. The maximum absolute atomic E-state index is 12.8. The number of amides is 2. The molecule has 0 radical (unpaired) electrons. The topological polar surface area (TPSA) is 118 Å². The molecule has 4 heterocycles. The lowest BCUT2D eigenvalue weighted by Crippen LogP contribution is -2.41. The summed E-state index contributed by atoms with van der Waals surface area (Å²) < 4.78 is 18.6. The molecule has 41 heavy (non-hydrogen) atoms. The van der Waals surface area contributed by atoms with Crippen molar-refractivity contribution in [3.8, 4) is 18.5 Å². The van der Waals surface area contributed by atoms with Crippen molar-refractivity contribution >= 4 is 23.3 Å². The van der Waals surface area contributed by atoms with Gasteiger partial charge in [-0.3, -0.25) is 15.1 Å². The monoisotopic (exact) mass is 562 g/mol. The Kier molecular flexibility index (Phi) is 12.0. The van der Waals surface area contributed by atoms with E-state index in [1.165, 1.54) is 12.3 Å². The van der Waals surface area contributed by atoms with Crippen molar-refractivity contribution in [2.24, 2.45) is 4.99 Å². The average molecular weight is 563 g/mol. The van der Waals surface area contributed by atoms with Gasteiger partial charge in [0, 0.05) is 43.7 Å². The number of aromatic nitrogens is 3. The molecule has 0 saturated carbocycles. The molecule has 1 atom stereocenters. The number of urea groups is 1. The molecule has 0 aliphatic carbocycles. The molecule has 5 rings (SSSR count). The minimum absolute atomic E-state index is 0.109. The number of carbonyl (C=O) groups is 1. The summed E-state index contributed by atoms with van der Waals surface area (Å²) in [5.74, 6) is 1.05. The van der Waals surface area contributed by atoms with E-state index in [9.17, 15) is 9.18 Å². The Hall–Kier alpha value is -4.57. The van der Waals surface area contributed by atoms with Crippen molar-refractivity contribution in [1.29, 1.82) is 0 Å². The van der Waals surface area contributed by atoms with E-state index in [1.807, 2.05) is 50.4 Å². The first kappa shape index (κ1) is 31.0. The number of benzene rings is 1. The van der Waals surface area contributed by atoms with Crippen LogP contribution < -0.4 is 16.0 Å². The van der Waals surface area contributed by atoms with Crippen LogP contribution in [0.1, 0.15) is 18.2 Å². The quantitative estimate of drug-likeness (QED) is 0.298. The van der Waals surface area contributed by atoms with Gasteiger partial charge in [0.1, 0.15) is 5.82 Å². The summed E-state index contributed by atoms with van der Waals surface area (Å²) in [4.78, 5) is 26.2. The lowest BCUT2D eigenvalue weighted by Gasteiger charge is -2.15. The second-order valence-corrected chi connectivity index (χ2v) is 8.91. The first-order valence-electron chi connectivity index (χ1n) is 12.9. The van der Waals surface area contributed by atoms with E-state index in [0.717, 1.165) is 28.4 Å². The summed E-state index contributed by atoms with van der Waals surface area (Å²) in [6.45, 7) is 6.67. The zero-order valence-corrected chi connectivity index (χ0v) is 23.4. The molecule has 2 aliphatic rings. The summed E-state index contributed by atoms with van der Waals surface area (Å²) in [5.41, 5.74) is 3.49. The number of carbonyl (C=O) groups excluding carboxylic acids is 1. The number of hydroxylamine groups is 2. The molecule has 0 bridgehead atoms. The number of terminal acetylenes is 1. The number of hydrogen-bond donors (Lipinski definition) is 3. The molecule has 1 aromatic carbocycles. The van der Waals surface area contributed by atoms with Crippen LogP contribution in [-0.2, 0) is 9.57 Å². The van der Waals surface area contributed by atoms with Crippen LogP contribution in [0.3, 0.4) is 0 Å². The molecule has 1 fully saturated rings. The van der Waals surface area contributed by atoms with Crippen LogP contribution in [-0.4, -0.2) is 77.7 Å². The molecular weight excluding hydrogens is 527 g/mol. The highest BCUT2D eigenvalue weighted by Crippen LogP contribution is 2.28. The van der Waals surface area contributed by atoms with Gasteiger partial charge in [-0.2, -0.15) is 14.6 Å². The maximum Gasteiger partial charge on any atom is 0.320 e. The number of anilines is 1. The van der Waals surface area contributed by atoms with E-state index < -0.39 is 5.95 Å². The summed E-state index contributed by atoms with van der Waals surface area (Å²) in [5, 5.41) is 15.7. The molecule has 216 valence electrons. The van der Waals surface area contributed by atoms with Crippen molar-refractivity contribution in [1.82, 2.24) is 30.5 Å². The van der Waals surface area contributed by atoms with Gasteiger partial charge in [-0.1, -0.05) is 24.3 Å². The van der Waals surface area contributed by atoms with E-state index in [4.69, 9.17) is 14.7 Å². The van der Waals surface area contributed by atoms with Crippen molar-refractivity contribution < 1.29 is 18.8 Å². The second-order valence-electron chi connectivity index (χ2n) is 8.91. The molecule has 2 aliphatic heterocycles. The molecule has 12 heteroatoms. The molecule has 1 unspecified atom stereocenters. The molecule has 2 amide bonds. The number of para-hydroxylation sites is 1. The van der Waals surface area contributed by atoms with Crippen molar-refractivity contribution in [3.05, 3.63) is 78.1 Å². The molecule has 1 saturated heterocycles. The minimum Gasteiger partial charge on any atom is -0.383 e. The number of ether oxygens (including phenoxy) is 1. The number of pyridine rings is 1. The van der Waals surface area contributed by atoms with Crippen LogP contribution in [0, 0.1) is 25.7 Å². The predicted molar refractivity (Wildman–Crippen MR) is 157 cm³/mol. The van der Waals surface area contributed by atoms with Gasteiger partial charge in [0.05, 0.1) is 43.0 Å². The van der Waals surface area contributed by atoms with Crippen LogP contribution in [0.4, 0.5) is 15.0 Å². The molecular formula is C29H35FN8O3. The number of aliphatic imine (C=N–C) groups is 1. The van der Waals surface area contributed by atoms with Crippen LogP contribution in [0.25, 0.3) is 11.3 Å². The third-order valence-corrected chi connectivity index (χ3v) is 5.99. The van der Waals surface area contributed by atoms with E-state index in [2.05, 4.69) is 38.8 Å². The summed E-state index contributed by atoms with van der Waals surface area (Å²) in [6.07, 6.45) is 11.3. The summed E-state index contributed by atoms with van der Waals surface area (Å²) in [6, 6.07) is 13.9. The Morgan fingerprint density at radius 3 is 2.56 bits per heavy atom. The van der Waals surface area contributed by atoms with Gasteiger partial charge in [-0.15, -0.1) is 12.8 Å². The molecule has 3 N–H and O–H groups in total. The Balaban J connectivity index is 0.000000443. The molecule has 2 aromatic heterocycles.